The average Bonchev–Trinajstić information content (AvgIpc) is 2.59. The molecule has 1 N–H and O–H groups in total. The largest absolute Gasteiger partial charge is 0.350 e. The summed E-state index contributed by atoms with van der Waals surface area (Å²) in [6.45, 7) is 7.57. The maximum absolute atomic E-state index is 12.7. The second-order valence-electron chi connectivity index (χ2n) is 8.37. The van der Waals surface area contributed by atoms with Gasteiger partial charge in [0.15, 0.2) is 0 Å². The molecule has 2 amide bonds. The van der Waals surface area contributed by atoms with Crippen LogP contribution >= 0.6 is 0 Å². The molecule has 3 fully saturated rings. The van der Waals surface area contributed by atoms with Crippen LogP contribution < -0.4 is 10.2 Å². The Morgan fingerprint density at radius 1 is 1.24 bits per heavy atom. The van der Waals surface area contributed by atoms with Crippen LogP contribution in [0.4, 0.5) is 5.69 Å². The number of nitrogens with one attached hydrogen (secondary N) is 1. The maximum Gasteiger partial charge on any atom is 0.240 e. The summed E-state index contributed by atoms with van der Waals surface area (Å²) in [5.41, 5.74) is 1.84. The van der Waals surface area contributed by atoms with Crippen molar-refractivity contribution >= 4 is 17.5 Å². The molecule has 5 heteroatoms. The Morgan fingerprint density at radius 3 is 2.64 bits per heavy atom. The second kappa shape index (κ2) is 6.13. The first-order valence-electron chi connectivity index (χ1n) is 9.36. The van der Waals surface area contributed by atoms with E-state index in [-0.39, 0.29) is 29.8 Å². The number of carbonyl (C=O) groups excluding carboxylic acids is 2. The van der Waals surface area contributed by atoms with Gasteiger partial charge in [-0.15, -0.1) is 0 Å². The standard InChI is InChI=1S/C20H27N3O2/c1-20(2)11-19(25)23(17-6-4-3-5-15(17)20)13-18(24)21-16-12-22-9-7-14(16)8-10-22/h3-6,14,16H,7-13H2,1-2H3,(H,21,24). The van der Waals surface area contributed by atoms with Gasteiger partial charge in [-0.05, 0) is 43.5 Å². The van der Waals surface area contributed by atoms with E-state index in [2.05, 4.69) is 30.1 Å². The third-order valence-electron chi connectivity index (χ3n) is 6.12. The molecule has 134 valence electrons. The van der Waals surface area contributed by atoms with Crippen molar-refractivity contribution in [2.75, 3.05) is 31.1 Å². The van der Waals surface area contributed by atoms with Crippen LogP contribution in [0.25, 0.3) is 0 Å². The number of rotatable bonds is 3. The molecule has 0 aliphatic carbocycles. The molecule has 0 saturated carbocycles. The van der Waals surface area contributed by atoms with Gasteiger partial charge >= 0.3 is 0 Å². The predicted molar refractivity (Wildman–Crippen MR) is 97.5 cm³/mol. The number of nitrogens with zero attached hydrogens (tertiary/aromatic N) is 2. The molecular weight excluding hydrogens is 314 g/mol. The second-order valence-corrected chi connectivity index (χ2v) is 8.37. The van der Waals surface area contributed by atoms with Crippen molar-refractivity contribution in [1.82, 2.24) is 10.2 Å². The molecule has 4 aliphatic rings. The van der Waals surface area contributed by atoms with Crippen LogP contribution in [0.1, 0.15) is 38.7 Å². The van der Waals surface area contributed by atoms with Crippen LogP contribution in [0.3, 0.4) is 0 Å². The van der Waals surface area contributed by atoms with Crippen LogP contribution in [0, 0.1) is 5.92 Å². The Bertz CT molecular complexity index is 692. The lowest BCUT2D eigenvalue weighted by Crippen LogP contribution is -2.58. The van der Waals surface area contributed by atoms with E-state index in [0.717, 1.165) is 30.9 Å². The van der Waals surface area contributed by atoms with E-state index < -0.39 is 0 Å². The van der Waals surface area contributed by atoms with E-state index in [9.17, 15) is 9.59 Å². The fourth-order valence-corrected chi connectivity index (χ4v) is 4.68. The smallest absolute Gasteiger partial charge is 0.240 e. The minimum Gasteiger partial charge on any atom is -0.350 e. The summed E-state index contributed by atoms with van der Waals surface area (Å²) in [7, 11) is 0. The number of piperidine rings is 3. The van der Waals surface area contributed by atoms with Gasteiger partial charge in [0.25, 0.3) is 0 Å². The van der Waals surface area contributed by atoms with E-state index in [1.165, 1.54) is 12.8 Å². The normalized spacial score (nSPS) is 30.1. The minimum absolute atomic E-state index is 0.0350. The first-order chi connectivity index (χ1) is 11.9. The SMILES string of the molecule is CC1(C)CC(=O)N(CC(=O)NC2CN3CCC2CC3)c2ccccc21. The number of hydrogen-bond acceptors (Lipinski definition) is 3. The van der Waals surface area contributed by atoms with Gasteiger partial charge in [0, 0.05) is 30.1 Å². The number of para-hydroxylation sites is 1. The molecule has 0 radical (unpaired) electrons. The summed E-state index contributed by atoms with van der Waals surface area (Å²) in [4.78, 5) is 29.4. The van der Waals surface area contributed by atoms with Crippen molar-refractivity contribution in [3.8, 4) is 0 Å². The fraction of sp³-hybridized carbons (Fsp3) is 0.600. The Kier molecular flexibility index (Phi) is 4.07. The molecule has 3 saturated heterocycles. The van der Waals surface area contributed by atoms with Crippen molar-refractivity contribution in [2.45, 2.75) is 44.6 Å². The first-order valence-corrected chi connectivity index (χ1v) is 9.36. The van der Waals surface area contributed by atoms with Gasteiger partial charge in [-0.1, -0.05) is 32.0 Å². The molecule has 5 nitrogen and oxygen atoms in total. The molecule has 1 unspecified atom stereocenters. The van der Waals surface area contributed by atoms with E-state index in [0.29, 0.717) is 12.3 Å². The molecule has 4 heterocycles. The van der Waals surface area contributed by atoms with E-state index in [1.54, 1.807) is 4.90 Å². The Hall–Kier alpha value is -1.88. The van der Waals surface area contributed by atoms with E-state index in [4.69, 9.17) is 0 Å². The van der Waals surface area contributed by atoms with Gasteiger partial charge in [0.05, 0.1) is 0 Å². The number of benzene rings is 1. The van der Waals surface area contributed by atoms with Crippen molar-refractivity contribution in [3.05, 3.63) is 29.8 Å². The molecule has 2 bridgehead atoms. The summed E-state index contributed by atoms with van der Waals surface area (Å²) in [6, 6.07) is 8.20. The van der Waals surface area contributed by atoms with Crippen LogP contribution in [0.5, 0.6) is 0 Å². The average molecular weight is 341 g/mol. The number of hydrogen-bond donors (Lipinski definition) is 1. The summed E-state index contributed by atoms with van der Waals surface area (Å²) in [5, 5.41) is 3.20. The zero-order valence-corrected chi connectivity index (χ0v) is 15.1. The third-order valence-corrected chi connectivity index (χ3v) is 6.12. The highest BCUT2D eigenvalue weighted by Crippen LogP contribution is 2.39. The molecular formula is C20H27N3O2. The topological polar surface area (TPSA) is 52.7 Å². The zero-order chi connectivity index (χ0) is 17.6. The lowest BCUT2D eigenvalue weighted by atomic mass is 9.77. The molecule has 5 rings (SSSR count). The van der Waals surface area contributed by atoms with Crippen LogP contribution in [0.2, 0.25) is 0 Å². The predicted octanol–water partition coefficient (Wildman–Crippen LogP) is 1.91. The Balaban J connectivity index is 1.48. The number of fused-ring (bicyclic) bond motifs is 4. The number of carbonyl (C=O) groups is 2. The summed E-state index contributed by atoms with van der Waals surface area (Å²) >= 11 is 0. The number of anilines is 1. The lowest BCUT2D eigenvalue weighted by molar-refractivity contribution is -0.125. The monoisotopic (exact) mass is 341 g/mol. The third kappa shape index (κ3) is 3.06. The lowest BCUT2D eigenvalue weighted by Gasteiger charge is -2.45. The van der Waals surface area contributed by atoms with Crippen molar-refractivity contribution in [1.29, 1.82) is 0 Å². The molecule has 1 atom stereocenters. The summed E-state index contributed by atoms with van der Waals surface area (Å²) < 4.78 is 0. The van der Waals surface area contributed by atoms with Crippen LogP contribution in [-0.2, 0) is 15.0 Å². The molecule has 25 heavy (non-hydrogen) atoms. The molecule has 4 aliphatic heterocycles. The highest BCUT2D eigenvalue weighted by molar-refractivity contribution is 6.02. The van der Waals surface area contributed by atoms with E-state index >= 15 is 0 Å². The molecule has 0 spiro atoms. The maximum atomic E-state index is 12.7. The van der Waals surface area contributed by atoms with Crippen molar-refractivity contribution < 1.29 is 9.59 Å². The van der Waals surface area contributed by atoms with Gasteiger partial charge in [0.1, 0.15) is 6.54 Å². The van der Waals surface area contributed by atoms with Gasteiger partial charge in [-0.3, -0.25) is 9.59 Å². The Morgan fingerprint density at radius 2 is 1.96 bits per heavy atom. The van der Waals surface area contributed by atoms with Crippen LogP contribution in [0.15, 0.2) is 24.3 Å². The fourth-order valence-electron chi connectivity index (χ4n) is 4.68. The minimum atomic E-state index is -0.184. The quantitative estimate of drug-likeness (QED) is 0.914. The Labute approximate surface area is 149 Å². The molecule has 0 aromatic heterocycles. The first kappa shape index (κ1) is 16.6. The zero-order valence-electron chi connectivity index (χ0n) is 15.1. The van der Waals surface area contributed by atoms with Gasteiger partial charge in [0.2, 0.25) is 11.8 Å². The van der Waals surface area contributed by atoms with E-state index in [1.807, 2.05) is 18.2 Å². The number of amides is 2. The summed E-state index contributed by atoms with van der Waals surface area (Å²) in [5.74, 6) is 0.589. The van der Waals surface area contributed by atoms with Gasteiger partial charge in [-0.25, -0.2) is 0 Å². The molecule has 1 aromatic carbocycles. The van der Waals surface area contributed by atoms with Crippen molar-refractivity contribution in [3.63, 3.8) is 0 Å². The molecule has 1 aromatic rings. The highest BCUT2D eigenvalue weighted by Gasteiger charge is 2.38. The van der Waals surface area contributed by atoms with Gasteiger partial charge < -0.3 is 15.1 Å². The summed E-state index contributed by atoms with van der Waals surface area (Å²) in [6.07, 6.45) is 2.78. The van der Waals surface area contributed by atoms with Crippen LogP contribution in [-0.4, -0.2) is 48.9 Å². The van der Waals surface area contributed by atoms with Gasteiger partial charge in [-0.2, -0.15) is 0 Å². The highest BCUT2D eigenvalue weighted by atomic mass is 16.2. The van der Waals surface area contributed by atoms with Crippen molar-refractivity contribution in [2.24, 2.45) is 5.92 Å².